The van der Waals surface area contributed by atoms with Crippen LogP contribution in [-0.2, 0) is 22.3 Å². The summed E-state index contributed by atoms with van der Waals surface area (Å²) in [7, 11) is 1.45. The van der Waals surface area contributed by atoms with E-state index in [0.29, 0.717) is 24.2 Å². The van der Waals surface area contributed by atoms with Gasteiger partial charge in [0, 0.05) is 42.6 Å². The predicted octanol–water partition coefficient (Wildman–Crippen LogP) is 4.22. The van der Waals surface area contributed by atoms with Gasteiger partial charge in [0.15, 0.2) is 11.5 Å². The van der Waals surface area contributed by atoms with Crippen LogP contribution in [-0.4, -0.2) is 55.6 Å². The van der Waals surface area contributed by atoms with Crippen LogP contribution in [0.3, 0.4) is 0 Å². The highest BCUT2D eigenvalue weighted by molar-refractivity contribution is 5.69. The Kier molecular flexibility index (Phi) is 6.01. The Morgan fingerprint density at radius 3 is 2.75 bits per heavy atom. The fourth-order valence-electron chi connectivity index (χ4n) is 4.29. The summed E-state index contributed by atoms with van der Waals surface area (Å²) in [5.41, 5.74) is -0.518. The molecule has 3 heterocycles. The van der Waals surface area contributed by atoms with Gasteiger partial charge in [-0.1, -0.05) is 0 Å². The van der Waals surface area contributed by atoms with Crippen LogP contribution in [0.15, 0.2) is 18.3 Å². The molecule has 0 unspecified atom stereocenters. The Labute approximate surface area is 202 Å². The molecule has 0 radical (unpaired) electrons. The Morgan fingerprint density at radius 2 is 2.06 bits per heavy atom. The zero-order valence-electron chi connectivity index (χ0n) is 19.5. The Hall–Kier alpha value is -3.42. The van der Waals surface area contributed by atoms with E-state index in [1.54, 1.807) is 0 Å². The SMILES string of the molecule is COCc1cn2c(Nc3cc([C@H]4CC[C@@H](OC(=O)NC5(C)CC5)[C@@H]4F)[nH]n3)nc(C(F)(F)F)cc2n1. The van der Waals surface area contributed by atoms with Crippen molar-refractivity contribution in [2.24, 2.45) is 0 Å². The minimum absolute atomic E-state index is 0.0283. The summed E-state index contributed by atoms with van der Waals surface area (Å²) in [6.07, 6.45) is -3.71. The maximum absolute atomic E-state index is 15.1. The van der Waals surface area contributed by atoms with Crippen molar-refractivity contribution in [3.8, 4) is 0 Å². The van der Waals surface area contributed by atoms with Gasteiger partial charge in [-0.25, -0.2) is 19.2 Å². The van der Waals surface area contributed by atoms with Crippen molar-refractivity contribution in [1.82, 2.24) is 29.9 Å². The van der Waals surface area contributed by atoms with E-state index in [4.69, 9.17) is 9.47 Å². The number of anilines is 2. The molecule has 5 rings (SSSR count). The first-order chi connectivity index (χ1) is 17.0. The smallest absolute Gasteiger partial charge is 0.433 e. The fourth-order valence-corrected chi connectivity index (χ4v) is 4.29. The van der Waals surface area contributed by atoms with E-state index in [9.17, 15) is 18.0 Å². The molecular weight excluding hydrogens is 486 g/mol. The molecule has 10 nitrogen and oxygen atoms in total. The van der Waals surface area contributed by atoms with E-state index < -0.39 is 36.2 Å². The molecule has 194 valence electrons. The molecule has 1 amide bonds. The lowest BCUT2D eigenvalue weighted by atomic mass is 10.0. The first kappa shape index (κ1) is 24.3. The number of amides is 1. The molecule has 0 aliphatic heterocycles. The molecule has 2 aliphatic rings. The summed E-state index contributed by atoms with van der Waals surface area (Å²) in [6.45, 7) is 2.00. The van der Waals surface area contributed by atoms with Crippen molar-refractivity contribution in [3.63, 3.8) is 0 Å². The summed E-state index contributed by atoms with van der Waals surface area (Å²) in [5.74, 6) is -0.628. The second-order valence-electron chi connectivity index (χ2n) is 9.45. The number of H-pyrrole nitrogens is 1. The molecule has 2 aliphatic carbocycles. The molecule has 3 atom stereocenters. The number of hydrogen-bond donors (Lipinski definition) is 3. The first-order valence-corrected chi connectivity index (χ1v) is 11.4. The minimum Gasteiger partial charge on any atom is -0.443 e. The zero-order valence-corrected chi connectivity index (χ0v) is 19.5. The van der Waals surface area contributed by atoms with E-state index in [-0.39, 0.29) is 29.6 Å². The Bertz CT molecular complexity index is 1270. The number of aromatic amines is 1. The number of nitrogens with one attached hydrogen (secondary N) is 3. The molecule has 0 spiro atoms. The van der Waals surface area contributed by atoms with Crippen LogP contribution in [0.25, 0.3) is 5.65 Å². The largest absolute Gasteiger partial charge is 0.443 e. The number of alkyl halides is 4. The number of nitrogens with zero attached hydrogens (tertiary/aromatic N) is 4. The number of alkyl carbamates (subject to hydrolysis) is 1. The van der Waals surface area contributed by atoms with Gasteiger partial charge in [0.25, 0.3) is 0 Å². The fraction of sp³-hybridized carbons (Fsp3) is 0.545. The first-order valence-electron chi connectivity index (χ1n) is 11.4. The van der Waals surface area contributed by atoms with Crippen LogP contribution >= 0.6 is 0 Å². The molecule has 3 aromatic heterocycles. The van der Waals surface area contributed by atoms with Gasteiger partial charge in [-0.2, -0.15) is 18.3 Å². The Morgan fingerprint density at radius 1 is 1.28 bits per heavy atom. The number of fused-ring (bicyclic) bond motifs is 1. The second-order valence-corrected chi connectivity index (χ2v) is 9.45. The number of rotatable bonds is 7. The molecule has 2 fully saturated rings. The van der Waals surface area contributed by atoms with Gasteiger partial charge in [-0.05, 0) is 32.6 Å². The van der Waals surface area contributed by atoms with E-state index in [0.717, 1.165) is 18.9 Å². The van der Waals surface area contributed by atoms with E-state index in [2.05, 4.69) is 30.8 Å². The summed E-state index contributed by atoms with van der Waals surface area (Å²) < 4.78 is 67.0. The van der Waals surface area contributed by atoms with Crippen molar-refractivity contribution in [1.29, 1.82) is 0 Å². The molecule has 0 bridgehead atoms. The second kappa shape index (κ2) is 8.91. The maximum Gasteiger partial charge on any atom is 0.433 e. The summed E-state index contributed by atoms with van der Waals surface area (Å²) in [4.78, 5) is 19.9. The van der Waals surface area contributed by atoms with Crippen molar-refractivity contribution < 1.29 is 31.8 Å². The van der Waals surface area contributed by atoms with Gasteiger partial charge >= 0.3 is 12.3 Å². The summed E-state index contributed by atoms with van der Waals surface area (Å²) >= 11 is 0. The molecule has 3 aromatic rings. The third-order valence-electron chi connectivity index (χ3n) is 6.49. The number of carbonyl (C=O) groups is 1. The minimum atomic E-state index is -4.69. The average molecular weight is 511 g/mol. The van der Waals surface area contributed by atoms with Gasteiger partial charge < -0.3 is 20.1 Å². The highest BCUT2D eigenvalue weighted by atomic mass is 19.4. The van der Waals surface area contributed by atoms with Crippen LogP contribution < -0.4 is 10.6 Å². The molecule has 0 aromatic carbocycles. The summed E-state index contributed by atoms with van der Waals surface area (Å²) in [6, 6.07) is 2.35. The van der Waals surface area contributed by atoms with E-state index in [1.165, 1.54) is 23.8 Å². The molecule has 36 heavy (non-hydrogen) atoms. The van der Waals surface area contributed by atoms with Crippen LogP contribution in [0.4, 0.5) is 34.1 Å². The third-order valence-corrected chi connectivity index (χ3v) is 6.49. The zero-order chi connectivity index (χ0) is 25.7. The molecule has 14 heteroatoms. The number of halogens is 4. The number of methoxy groups -OCH3 is 1. The third kappa shape index (κ3) is 4.94. The van der Waals surface area contributed by atoms with Crippen LogP contribution in [0.5, 0.6) is 0 Å². The summed E-state index contributed by atoms with van der Waals surface area (Å²) in [5, 5.41) is 12.3. The van der Waals surface area contributed by atoms with Crippen LogP contribution in [0.2, 0.25) is 0 Å². The Balaban J connectivity index is 1.32. The monoisotopic (exact) mass is 511 g/mol. The van der Waals surface area contributed by atoms with Crippen molar-refractivity contribution >= 4 is 23.5 Å². The number of hydrogen-bond acceptors (Lipinski definition) is 7. The van der Waals surface area contributed by atoms with Gasteiger partial charge in [0.2, 0.25) is 5.95 Å². The standard InChI is InChI=1S/C22H25F4N7O3/c1-21(5-6-21)30-20(34)36-14-4-3-12(18(14)23)13-7-16(32-31-13)29-19-28-15(22(24,25)26)8-17-27-11(10-35-2)9-33(17)19/h7-9,12,14,18H,3-6,10H2,1-2H3,(H,30,34)(H2,28,29,31,32)/t12-,14-,18-/m1/s1. The van der Waals surface area contributed by atoms with Crippen LogP contribution in [0.1, 0.15) is 55.6 Å². The number of imidazole rings is 1. The highest BCUT2D eigenvalue weighted by Gasteiger charge is 2.43. The average Bonchev–Trinajstić information content (AvgIpc) is 3.14. The van der Waals surface area contributed by atoms with Gasteiger partial charge in [0.1, 0.15) is 17.9 Å². The van der Waals surface area contributed by atoms with Crippen molar-refractivity contribution in [2.45, 2.75) is 69.1 Å². The van der Waals surface area contributed by atoms with E-state index in [1.807, 2.05) is 6.92 Å². The highest BCUT2D eigenvalue weighted by Crippen LogP contribution is 2.39. The van der Waals surface area contributed by atoms with Gasteiger partial charge in [0.05, 0.1) is 12.3 Å². The number of ether oxygens (including phenoxy) is 2. The van der Waals surface area contributed by atoms with Gasteiger partial charge in [-0.3, -0.25) is 9.50 Å². The quantitative estimate of drug-likeness (QED) is 0.407. The lowest BCUT2D eigenvalue weighted by Gasteiger charge is -2.19. The number of carbonyl (C=O) groups excluding carboxylic acids is 1. The number of aromatic nitrogens is 5. The van der Waals surface area contributed by atoms with Crippen LogP contribution in [0, 0.1) is 0 Å². The normalized spacial score (nSPS) is 23.1. The lowest BCUT2D eigenvalue weighted by molar-refractivity contribution is -0.141. The van der Waals surface area contributed by atoms with Crippen molar-refractivity contribution in [3.05, 3.63) is 35.4 Å². The van der Waals surface area contributed by atoms with Gasteiger partial charge in [-0.15, -0.1) is 0 Å². The molecule has 2 saturated carbocycles. The molecular formula is C22H25F4N7O3. The van der Waals surface area contributed by atoms with Crippen molar-refractivity contribution in [2.75, 3.05) is 12.4 Å². The topological polar surface area (TPSA) is 118 Å². The lowest BCUT2D eigenvalue weighted by Crippen LogP contribution is -2.38. The predicted molar refractivity (Wildman–Crippen MR) is 118 cm³/mol. The maximum atomic E-state index is 15.1. The van der Waals surface area contributed by atoms with E-state index >= 15 is 4.39 Å². The molecule has 3 N–H and O–H groups in total. The molecule has 0 saturated heterocycles.